The van der Waals surface area contributed by atoms with Crippen molar-refractivity contribution < 1.29 is 9.59 Å². The van der Waals surface area contributed by atoms with Gasteiger partial charge in [0.2, 0.25) is 0 Å². The third-order valence-corrected chi connectivity index (χ3v) is 6.26. The van der Waals surface area contributed by atoms with Crippen LogP contribution in [0.4, 0.5) is 10.5 Å². The van der Waals surface area contributed by atoms with Crippen LogP contribution in [0.15, 0.2) is 48.5 Å². The third-order valence-electron chi connectivity index (χ3n) is 6.26. The maximum Gasteiger partial charge on any atom is 0.324 e. The zero-order valence-electron chi connectivity index (χ0n) is 18.0. The quantitative estimate of drug-likeness (QED) is 0.730. The van der Waals surface area contributed by atoms with Crippen molar-refractivity contribution in [2.75, 3.05) is 24.5 Å². The highest BCUT2D eigenvalue weighted by atomic mass is 16.2. The molecule has 158 valence electrons. The van der Waals surface area contributed by atoms with Crippen LogP contribution in [0.3, 0.4) is 0 Å². The number of likely N-dealkylation sites (tertiary alicyclic amines) is 1. The van der Waals surface area contributed by atoms with E-state index >= 15 is 0 Å². The van der Waals surface area contributed by atoms with E-state index in [0.29, 0.717) is 24.7 Å². The van der Waals surface area contributed by atoms with Crippen molar-refractivity contribution in [2.24, 2.45) is 0 Å². The van der Waals surface area contributed by atoms with E-state index in [1.54, 1.807) is 0 Å². The number of nitrogens with zero attached hydrogens (tertiary/aromatic N) is 3. The van der Waals surface area contributed by atoms with Gasteiger partial charge in [0.1, 0.15) is 0 Å². The minimum absolute atomic E-state index is 0.0338. The van der Waals surface area contributed by atoms with Gasteiger partial charge in [-0.1, -0.05) is 29.8 Å². The lowest BCUT2D eigenvalue weighted by Gasteiger charge is -2.36. The maximum absolute atomic E-state index is 13.1. The number of hydrogen-bond donors (Lipinski definition) is 0. The highest BCUT2D eigenvalue weighted by Gasteiger charge is 2.28. The molecule has 0 aromatic heterocycles. The lowest BCUT2D eigenvalue weighted by Crippen LogP contribution is -2.49. The molecular formula is C25H31N3O2. The zero-order chi connectivity index (χ0) is 21.1. The van der Waals surface area contributed by atoms with Crippen LogP contribution in [0.2, 0.25) is 0 Å². The predicted molar refractivity (Wildman–Crippen MR) is 120 cm³/mol. The molecule has 0 spiro atoms. The highest BCUT2D eigenvalue weighted by molar-refractivity contribution is 5.96. The predicted octanol–water partition coefficient (Wildman–Crippen LogP) is 4.84. The first-order valence-electron chi connectivity index (χ1n) is 11.1. The molecule has 5 heteroatoms. The number of urea groups is 1. The van der Waals surface area contributed by atoms with E-state index < -0.39 is 0 Å². The number of amides is 3. The Labute approximate surface area is 179 Å². The molecule has 0 bridgehead atoms. The number of rotatable bonds is 4. The molecule has 2 aromatic carbocycles. The second-order valence-corrected chi connectivity index (χ2v) is 8.59. The van der Waals surface area contributed by atoms with E-state index in [4.69, 9.17) is 0 Å². The monoisotopic (exact) mass is 405 g/mol. The molecule has 2 saturated heterocycles. The van der Waals surface area contributed by atoms with Gasteiger partial charge in [0.25, 0.3) is 5.91 Å². The fraction of sp³-hybridized carbons (Fsp3) is 0.440. The van der Waals surface area contributed by atoms with Crippen molar-refractivity contribution in [1.29, 1.82) is 0 Å². The van der Waals surface area contributed by atoms with Crippen LogP contribution in [-0.2, 0) is 6.54 Å². The van der Waals surface area contributed by atoms with Crippen LogP contribution in [0.1, 0.15) is 54.1 Å². The van der Waals surface area contributed by atoms with Gasteiger partial charge < -0.3 is 9.80 Å². The lowest BCUT2D eigenvalue weighted by molar-refractivity contribution is 0.0635. The van der Waals surface area contributed by atoms with Crippen LogP contribution in [0.25, 0.3) is 0 Å². The summed E-state index contributed by atoms with van der Waals surface area (Å²) in [5, 5.41) is 0. The molecule has 2 fully saturated rings. The number of hydrogen-bond acceptors (Lipinski definition) is 2. The van der Waals surface area contributed by atoms with E-state index in [9.17, 15) is 9.59 Å². The summed E-state index contributed by atoms with van der Waals surface area (Å²) in [5.74, 6) is 0.0970. The Kier molecular flexibility index (Phi) is 6.07. The standard InChI is InChI=1S/C25H31N3O2/c1-19-7-5-9-21(17-19)18-26-14-6-16-28(25(26)30)23-12-10-22(11-13-23)24(29)27-15-4-3-8-20(27)2/h5,7,9-13,17,20H,3-4,6,8,14-16,18H2,1-2H3/t20-/m1/s1. The van der Waals surface area contributed by atoms with Crippen LogP contribution in [0, 0.1) is 6.92 Å². The number of aryl methyl sites for hydroxylation is 1. The molecule has 0 saturated carbocycles. The average Bonchev–Trinajstić information content (AvgIpc) is 2.75. The molecule has 2 aliphatic heterocycles. The van der Waals surface area contributed by atoms with E-state index in [1.165, 1.54) is 12.0 Å². The van der Waals surface area contributed by atoms with Crippen LogP contribution < -0.4 is 4.90 Å². The van der Waals surface area contributed by atoms with Crippen LogP contribution in [-0.4, -0.2) is 47.4 Å². The Morgan fingerprint density at radius 1 is 1.00 bits per heavy atom. The first-order valence-corrected chi connectivity index (χ1v) is 11.1. The first-order chi connectivity index (χ1) is 14.5. The van der Waals surface area contributed by atoms with Gasteiger partial charge in [-0.05, 0) is 69.4 Å². The summed E-state index contributed by atoms with van der Waals surface area (Å²) < 4.78 is 0. The molecule has 5 nitrogen and oxygen atoms in total. The summed E-state index contributed by atoms with van der Waals surface area (Å²) in [4.78, 5) is 31.7. The lowest BCUT2D eigenvalue weighted by atomic mass is 10.0. The van der Waals surface area contributed by atoms with Gasteiger partial charge in [0, 0.05) is 43.5 Å². The number of carbonyl (C=O) groups excluding carboxylic acids is 2. The summed E-state index contributed by atoms with van der Waals surface area (Å²) in [6, 6.07) is 16.2. The van der Waals surface area contributed by atoms with Crippen molar-refractivity contribution in [3.63, 3.8) is 0 Å². The van der Waals surface area contributed by atoms with Crippen LogP contribution >= 0.6 is 0 Å². The number of benzene rings is 2. The molecule has 0 radical (unpaired) electrons. The van der Waals surface area contributed by atoms with E-state index in [2.05, 4.69) is 32.0 Å². The normalized spacial score (nSPS) is 19.9. The number of anilines is 1. The van der Waals surface area contributed by atoms with Gasteiger partial charge >= 0.3 is 6.03 Å². The minimum atomic E-state index is 0.0338. The maximum atomic E-state index is 13.1. The second kappa shape index (κ2) is 8.90. The zero-order valence-corrected chi connectivity index (χ0v) is 18.0. The van der Waals surface area contributed by atoms with Gasteiger partial charge in [0.05, 0.1) is 0 Å². The smallest absolute Gasteiger partial charge is 0.324 e. The van der Waals surface area contributed by atoms with Gasteiger partial charge in [-0.25, -0.2) is 4.79 Å². The Morgan fingerprint density at radius 3 is 2.53 bits per heavy atom. The fourth-order valence-electron chi connectivity index (χ4n) is 4.55. The molecule has 0 aliphatic carbocycles. The van der Waals surface area contributed by atoms with Crippen molar-refractivity contribution in [1.82, 2.24) is 9.80 Å². The Balaban J connectivity index is 1.45. The molecule has 2 aliphatic rings. The molecule has 0 unspecified atom stereocenters. The highest BCUT2D eigenvalue weighted by Crippen LogP contribution is 2.24. The van der Waals surface area contributed by atoms with Gasteiger partial charge in [0.15, 0.2) is 0 Å². The summed E-state index contributed by atoms with van der Waals surface area (Å²) in [5.41, 5.74) is 3.92. The molecule has 3 amide bonds. The van der Waals surface area contributed by atoms with E-state index in [-0.39, 0.29) is 11.9 Å². The third kappa shape index (κ3) is 4.35. The summed E-state index contributed by atoms with van der Waals surface area (Å²) in [6.07, 6.45) is 4.28. The van der Waals surface area contributed by atoms with E-state index in [1.807, 2.05) is 45.0 Å². The minimum Gasteiger partial charge on any atom is -0.336 e. The Morgan fingerprint density at radius 2 is 1.80 bits per heavy atom. The topological polar surface area (TPSA) is 43.9 Å². The molecule has 1 atom stereocenters. The van der Waals surface area contributed by atoms with Crippen LogP contribution in [0.5, 0.6) is 0 Å². The molecule has 2 aromatic rings. The summed E-state index contributed by atoms with van der Waals surface area (Å²) >= 11 is 0. The molecule has 4 rings (SSSR count). The molecule has 2 heterocycles. The fourth-order valence-corrected chi connectivity index (χ4v) is 4.55. The molecular weight excluding hydrogens is 374 g/mol. The SMILES string of the molecule is Cc1cccc(CN2CCCN(c3ccc(C(=O)N4CCCC[C@H]4C)cc3)C2=O)c1. The number of carbonyl (C=O) groups is 2. The van der Waals surface area contributed by atoms with E-state index in [0.717, 1.165) is 43.6 Å². The molecule has 30 heavy (non-hydrogen) atoms. The van der Waals surface area contributed by atoms with Gasteiger partial charge in [-0.2, -0.15) is 0 Å². The summed E-state index contributed by atoms with van der Waals surface area (Å²) in [7, 11) is 0. The largest absolute Gasteiger partial charge is 0.336 e. The number of piperidine rings is 1. The second-order valence-electron chi connectivity index (χ2n) is 8.59. The van der Waals surface area contributed by atoms with Crippen molar-refractivity contribution >= 4 is 17.6 Å². The van der Waals surface area contributed by atoms with Gasteiger partial charge in [-0.15, -0.1) is 0 Å². The van der Waals surface area contributed by atoms with Crippen molar-refractivity contribution in [2.45, 2.75) is 52.1 Å². The first kappa shape index (κ1) is 20.5. The Hall–Kier alpha value is -2.82. The molecule has 0 N–H and O–H groups in total. The Bertz CT molecular complexity index is 909. The van der Waals surface area contributed by atoms with Crippen molar-refractivity contribution in [3.05, 3.63) is 65.2 Å². The summed E-state index contributed by atoms with van der Waals surface area (Å²) in [6.45, 7) is 7.13. The average molecular weight is 406 g/mol. The van der Waals surface area contributed by atoms with Gasteiger partial charge in [-0.3, -0.25) is 9.69 Å². The van der Waals surface area contributed by atoms with Crippen molar-refractivity contribution in [3.8, 4) is 0 Å².